The molecule has 0 aromatic heterocycles. The van der Waals surface area contributed by atoms with E-state index in [2.05, 4.69) is 50.8 Å². The Labute approximate surface area is 141 Å². The Balaban J connectivity index is 2.39. The first-order valence-corrected chi connectivity index (χ1v) is 9.09. The molecule has 1 atom stereocenters. The van der Waals surface area contributed by atoms with E-state index in [1.54, 1.807) is 0 Å². The largest absolute Gasteiger partial charge is 0.493 e. The molecule has 3 nitrogen and oxygen atoms in total. The summed E-state index contributed by atoms with van der Waals surface area (Å²) >= 11 is 0. The lowest BCUT2D eigenvalue weighted by Gasteiger charge is -2.30. The number of hydrogen-bond acceptors (Lipinski definition) is 3. The molecule has 1 N–H and O–H groups in total. The second-order valence-corrected chi connectivity index (χ2v) is 7.62. The zero-order chi connectivity index (χ0) is 16.9. The Morgan fingerprint density at radius 2 is 1.91 bits per heavy atom. The number of nitrogens with zero attached hydrogens (tertiary/aromatic N) is 1. The van der Waals surface area contributed by atoms with Gasteiger partial charge in [-0.15, -0.1) is 0 Å². The Hall–Kier alpha value is -1.06. The fourth-order valence-electron chi connectivity index (χ4n) is 3.33. The normalized spacial score (nSPS) is 17.4. The van der Waals surface area contributed by atoms with Gasteiger partial charge in [0.15, 0.2) is 0 Å². The highest BCUT2D eigenvalue weighted by Crippen LogP contribution is 2.37. The molecule has 1 saturated heterocycles. The summed E-state index contributed by atoms with van der Waals surface area (Å²) in [5.74, 6) is 0.991. The minimum atomic E-state index is 0.118. The molecule has 0 radical (unpaired) electrons. The fourth-order valence-corrected chi connectivity index (χ4v) is 3.33. The van der Waals surface area contributed by atoms with E-state index >= 15 is 0 Å². The molecular formula is C20H33NO2. The molecule has 0 amide bonds. The summed E-state index contributed by atoms with van der Waals surface area (Å²) in [4.78, 5) is 2.51. The van der Waals surface area contributed by atoms with Gasteiger partial charge in [0, 0.05) is 18.2 Å². The average molecular weight is 319 g/mol. The van der Waals surface area contributed by atoms with Crippen LogP contribution in [0.3, 0.4) is 0 Å². The van der Waals surface area contributed by atoms with Gasteiger partial charge in [0.1, 0.15) is 5.75 Å². The molecule has 0 saturated carbocycles. The lowest BCUT2D eigenvalue weighted by Crippen LogP contribution is -2.27. The first-order valence-electron chi connectivity index (χ1n) is 9.09. The summed E-state index contributed by atoms with van der Waals surface area (Å²) in [6.45, 7) is 12.1. The quantitative estimate of drug-likeness (QED) is 0.813. The van der Waals surface area contributed by atoms with Gasteiger partial charge >= 0.3 is 0 Å². The number of benzene rings is 1. The van der Waals surface area contributed by atoms with Crippen molar-refractivity contribution in [3.8, 4) is 5.75 Å². The van der Waals surface area contributed by atoms with Gasteiger partial charge in [0.25, 0.3) is 0 Å². The van der Waals surface area contributed by atoms with Crippen LogP contribution in [0, 0.1) is 0 Å². The topological polar surface area (TPSA) is 32.7 Å². The molecule has 1 unspecified atom stereocenters. The summed E-state index contributed by atoms with van der Waals surface area (Å²) in [5, 5.41) is 9.59. The first-order chi connectivity index (χ1) is 11.0. The van der Waals surface area contributed by atoms with E-state index in [0.29, 0.717) is 0 Å². The van der Waals surface area contributed by atoms with Gasteiger partial charge in [0.05, 0.1) is 6.61 Å². The van der Waals surface area contributed by atoms with Crippen molar-refractivity contribution >= 4 is 0 Å². The van der Waals surface area contributed by atoms with E-state index in [1.807, 2.05) is 0 Å². The maximum Gasteiger partial charge on any atom is 0.124 e. The Kier molecular flexibility index (Phi) is 6.49. The molecule has 1 heterocycles. The van der Waals surface area contributed by atoms with Gasteiger partial charge in [0.2, 0.25) is 0 Å². The van der Waals surface area contributed by atoms with Gasteiger partial charge < -0.3 is 9.84 Å². The van der Waals surface area contributed by atoms with Crippen LogP contribution in [0.1, 0.15) is 70.5 Å². The summed E-state index contributed by atoms with van der Waals surface area (Å²) < 4.78 is 6.03. The minimum Gasteiger partial charge on any atom is -0.493 e. The molecule has 23 heavy (non-hydrogen) atoms. The van der Waals surface area contributed by atoms with Gasteiger partial charge in [-0.1, -0.05) is 33.8 Å². The molecule has 1 aliphatic heterocycles. The van der Waals surface area contributed by atoms with Crippen molar-refractivity contribution in [2.45, 2.75) is 64.8 Å². The van der Waals surface area contributed by atoms with Crippen LogP contribution in [0.4, 0.5) is 0 Å². The predicted molar refractivity (Wildman–Crippen MR) is 96.2 cm³/mol. The maximum atomic E-state index is 9.59. The number of likely N-dealkylation sites (tertiary alicyclic amines) is 1. The van der Waals surface area contributed by atoms with Crippen LogP contribution in [0.25, 0.3) is 0 Å². The van der Waals surface area contributed by atoms with E-state index < -0.39 is 0 Å². The molecule has 1 aliphatic rings. The highest BCUT2D eigenvalue weighted by molar-refractivity contribution is 5.42. The predicted octanol–water partition coefficient (Wildman–Crippen LogP) is 4.29. The highest BCUT2D eigenvalue weighted by Gasteiger charge is 2.27. The summed E-state index contributed by atoms with van der Waals surface area (Å²) in [7, 11) is 0. The van der Waals surface area contributed by atoms with Gasteiger partial charge in [-0.05, 0) is 61.9 Å². The molecule has 130 valence electrons. The Bertz CT molecular complexity index is 487. The summed E-state index contributed by atoms with van der Waals surface area (Å²) in [6, 6.07) is 6.89. The summed E-state index contributed by atoms with van der Waals surface area (Å²) in [6.07, 6.45) is 4.29. The zero-order valence-corrected chi connectivity index (χ0v) is 15.3. The average Bonchev–Trinajstić information content (AvgIpc) is 3.03. The van der Waals surface area contributed by atoms with Gasteiger partial charge in [-0.3, -0.25) is 4.90 Å². The van der Waals surface area contributed by atoms with Crippen LogP contribution >= 0.6 is 0 Å². The van der Waals surface area contributed by atoms with E-state index in [4.69, 9.17) is 4.74 Å². The highest BCUT2D eigenvalue weighted by atomic mass is 16.5. The smallest absolute Gasteiger partial charge is 0.124 e. The third-order valence-electron chi connectivity index (χ3n) is 4.68. The van der Waals surface area contributed by atoms with Crippen LogP contribution in [0.2, 0.25) is 0 Å². The van der Waals surface area contributed by atoms with E-state index in [-0.39, 0.29) is 18.1 Å². The molecule has 0 spiro atoms. The number of rotatable bonds is 7. The fraction of sp³-hybridized carbons (Fsp3) is 0.700. The van der Waals surface area contributed by atoms with Crippen molar-refractivity contribution in [1.82, 2.24) is 4.90 Å². The summed E-state index contributed by atoms with van der Waals surface area (Å²) in [5.41, 5.74) is 2.70. The number of hydrogen-bond donors (Lipinski definition) is 1. The molecule has 0 aliphatic carbocycles. The molecule has 1 aromatic rings. The maximum absolute atomic E-state index is 9.59. The van der Waals surface area contributed by atoms with Crippen molar-refractivity contribution in [3.63, 3.8) is 0 Å². The molecular weight excluding hydrogens is 286 g/mol. The van der Waals surface area contributed by atoms with Crippen LogP contribution in [-0.2, 0) is 5.41 Å². The van der Waals surface area contributed by atoms with Crippen LogP contribution < -0.4 is 4.74 Å². The molecule has 1 aromatic carbocycles. The van der Waals surface area contributed by atoms with Crippen molar-refractivity contribution in [2.24, 2.45) is 0 Å². The SMILES string of the molecule is CCCOc1ccc(C(C)(C)C)cc1C(CCO)N1CCCC1. The van der Waals surface area contributed by atoms with E-state index in [0.717, 1.165) is 38.3 Å². The lowest BCUT2D eigenvalue weighted by atomic mass is 9.84. The van der Waals surface area contributed by atoms with Crippen LogP contribution in [-0.4, -0.2) is 36.3 Å². The molecule has 2 rings (SSSR count). The van der Waals surface area contributed by atoms with Crippen molar-refractivity contribution < 1.29 is 9.84 Å². The van der Waals surface area contributed by atoms with Crippen molar-refractivity contribution in [2.75, 3.05) is 26.3 Å². The molecule has 1 fully saturated rings. The van der Waals surface area contributed by atoms with Crippen LogP contribution in [0.5, 0.6) is 5.75 Å². The second kappa shape index (κ2) is 8.16. The van der Waals surface area contributed by atoms with Crippen molar-refractivity contribution in [3.05, 3.63) is 29.3 Å². The third-order valence-corrected chi connectivity index (χ3v) is 4.68. The van der Waals surface area contributed by atoms with Gasteiger partial charge in [-0.2, -0.15) is 0 Å². The standard InChI is InChI=1S/C20H33NO2/c1-5-14-23-19-9-8-16(20(2,3)4)15-17(19)18(10-13-22)21-11-6-7-12-21/h8-9,15,18,22H,5-7,10-14H2,1-4H3. The number of aliphatic hydroxyl groups is 1. The monoisotopic (exact) mass is 319 g/mol. The number of aliphatic hydroxyl groups excluding tert-OH is 1. The van der Waals surface area contributed by atoms with Crippen molar-refractivity contribution in [1.29, 1.82) is 0 Å². The number of ether oxygens (including phenoxy) is 1. The van der Waals surface area contributed by atoms with Crippen LogP contribution in [0.15, 0.2) is 18.2 Å². The van der Waals surface area contributed by atoms with Gasteiger partial charge in [-0.25, -0.2) is 0 Å². The zero-order valence-electron chi connectivity index (χ0n) is 15.3. The van der Waals surface area contributed by atoms with E-state index in [1.165, 1.54) is 24.0 Å². The Morgan fingerprint density at radius 1 is 1.22 bits per heavy atom. The lowest BCUT2D eigenvalue weighted by molar-refractivity contribution is 0.180. The Morgan fingerprint density at radius 3 is 2.48 bits per heavy atom. The molecule has 0 bridgehead atoms. The third kappa shape index (κ3) is 4.71. The second-order valence-electron chi connectivity index (χ2n) is 7.62. The minimum absolute atomic E-state index is 0.118. The van der Waals surface area contributed by atoms with E-state index in [9.17, 15) is 5.11 Å². The molecule has 3 heteroatoms. The first kappa shape index (κ1) is 18.3.